The summed E-state index contributed by atoms with van der Waals surface area (Å²) in [6.07, 6.45) is 0. The van der Waals surface area contributed by atoms with Gasteiger partial charge in [-0.05, 0) is 0 Å². The second kappa shape index (κ2) is 10.4. The molecule has 1 amide bonds. The number of nitrogens with zero attached hydrogens (tertiary/aromatic N) is 2. The first-order chi connectivity index (χ1) is 8.19. The zero-order chi connectivity index (χ0) is 13.1. The van der Waals surface area contributed by atoms with E-state index in [-0.39, 0.29) is 5.91 Å². The molecule has 0 spiro atoms. The van der Waals surface area contributed by atoms with Crippen molar-refractivity contribution in [2.75, 3.05) is 58.9 Å². The predicted molar refractivity (Wildman–Crippen MR) is 69.2 cm³/mol. The maximum absolute atomic E-state index is 12.0. The topological polar surface area (TPSA) is 128 Å². The van der Waals surface area contributed by atoms with Gasteiger partial charge in [0.05, 0.1) is 6.54 Å². The Morgan fingerprint density at radius 2 is 1.18 bits per heavy atom. The Hall–Kier alpha value is -0.730. The lowest BCUT2D eigenvalue weighted by Crippen LogP contribution is -2.46. The highest BCUT2D eigenvalue weighted by molar-refractivity contribution is 5.78. The summed E-state index contributed by atoms with van der Waals surface area (Å²) in [6, 6.07) is 0. The van der Waals surface area contributed by atoms with Crippen LogP contribution in [0.3, 0.4) is 0 Å². The molecule has 0 bridgehead atoms. The highest BCUT2D eigenvalue weighted by atomic mass is 16.2. The van der Waals surface area contributed by atoms with Gasteiger partial charge in [-0.25, -0.2) is 0 Å². The van der Waals surface area contributed by atoms with Crippen LogP contribution in [0, 0.1) is 0 Å². The summed E-state index contributed by atoms with van der Waals surface area (Å²) in [6.45, 7) is 4.66. The standard InChI is InChI=1S/C10H26N6O/c11-1-5-15(6-2-12)9-10(17)16(7-3-13)8-4-14/h1-9,11-14H2. The minimum atomic E-state index is 0.0304. The largest absolute Gasteiger partial charge is 0.339 e. The summed E-state index contributed by atoms with van der Waals surface area (Å²) < 4.78 is 0. The van der Waals surface area contributed by atoms with Crippen LogP contribution in [0.25, 0.3) is 0 Å². The van der Waals surface area contributed by atoms with Gasteiger partial charge >= 0.3 is 0 Å². The first-order valence-corrected chi connectivity index (χ1v) is 6.00. The van der Waals surface area contributed by atoms with Gasteiger partial charge in [-0.2, -0.15) is 0 Å². The maximum atomic E-state index is 12.0. The Balaban J connectivity index is 4.22. The van der Waals surface area contributed by atoms with Crippen LogP contribution < -0.4 is 22.9 Å². The van der Waals surface area contributed by atoms with Crippen molar-refractivity contribution in [3.8, 4) is 0 Å². The first kappa shape index (κ1) is 16.3. The number of rotatable bonds is 10. The third kappa shape index (κ3) is 7.24. The highest BCUT2D eigenvalue weighted by Gasteiger charge is 2.15. The molecule has 8 N–H and O–H groups in total. The summed E-state index contributed by atoms with van der Waals surface area (Å²) in [5, 5.41) is 0. The van der Waals surface area contributed by atoms with Crippen molar-refractivity contribution in [1.82, 2.24) is 9.80 Å². The van der Waals surface area contributed by atoms with Crippen LogP contribution in [0.2, 0.25) is 0 Å². The van der Waals surface area contributed by atoms with E-state index in [4.69, 9.17) is 22.9 Å². The molecule has 0 radical (unpaired) electrons. The second-order valence-electron chi connectivity index (χ2n) is 3.81. The number of amides is 1. The van der Waals surface area contributed by atoms with Crippen molar-refractivity contribution in [1.29, 1.82) is 0 Å². The van der Waals surface area contributed by atoms with Crippen LogP contribution in [-0.2, 0) is 4.79 Å². The average Bonchev–Trinajstić information content (AvgIpc) is 2.29. The van der Waals surface area contributed by atoms with Crippen molar-refractivity contribution in [3.63, 3.8) is 0 Å². The molecule has 0 aromatic rings. The maximum Gasteiger partial charge on any atom is 0.236 e. The molecule has 0 aromatic heterocycles. The van der Waals surface area contributed by atoms with Crippen molar-refractivity contribution < 1.29 is 4.79 Å². The molecule has 0 atom stereocenters. The zero-order valence-electron chi connectivity index (χ0n) is 10.5. The molecule has 0 aliphatic carbocycles. The zero-order valence-corrected chi connectivity index (χ0v) is 10.5. The van der Waals surface area contributed by atoms with Crippen LogP contribution in [0.4, 0.5) is 0 Å². The lowest BCUT2D eigenvalue weighted by molar-refractivity contribution is -0.132. The van der Waals surface area contributed by atoms with Crippen LogP contribution in [0.5, 0.6) is 0 Å². The first-order valence-electron chi connectivity index (χ1n) is 6.00. The van der Waals surface area contributed by atoms with Gasteiger partial charge in [0.2, 0.25) is 5.91 Å². The molecule has 0 aromatic carbocycles. The van der Waals surface area contributed by atoms with E-state index in [1.54, 1.807) is 4.90 Å². The minimum absolute atomic E-state index is 0.0304. The molecule has 0 rings (SSSR count). The quantitative estimate of drug-likeness (QED) is 0.324. The molecule has 0 saturated heterocycles. The van der Waals surface area contributed by atoms with Crippen molar-refractivity contribution >= 4 is 5.91 Å². The molecule has 0 saturated carbocycles. The third-order valence-corrected chi connectivity index (χ3v) is 2.40. The average molecular weight is 246 g/mol. The van der Waals surface area contributed by atoms with E-state index in [1.165, 1.54) is 0 Å². The van der Waals surface area contributed by atoms with E-state index in [0.29, 0.717) is 58.9 Å². The summed E-state index contributed by atoms with van der Waals surface area (Å²) in [7, 11) is 0. The fraction of sp³-hybridized carbons (Fsp3) is 0.900. The van der Waals surface area contributed by atoms with Crippen LogP contribution in [-0.4, -0.2) is 74.6 Å². The summed E-state index contributed by atoms with van der Waals surface area (Å²) in [4.78, 5) is 15.6. The second-order valence-corrected chi connectivity index (χ2v) is 3.81. The lowest BCUT2D eigenvalue weighted by atomic mass is 10.3. The van der Waals surface area contributed by atoms with Crippen LogP contribution in [0.15, 0.2) is 0 Å². The molecule has 7 heteroatoms. The van der Waals surface area contributed by atoms with Gasteiger partial charge < -0.3 is 27.8 Å². The Morgan fingerprint density at radius 1 is 0.765 bits per heavy atom. The minimum Gasteiger partial charge on any atom is -0.339 e. The van der Waals surface area contributed by atoms with Gasteiger partial charge in [-0.15, -0.1) is 0 Å². The van der Waals surface area contributed by atoms with E-state index in [1.807, 2.05) is 4.90 Å². The molecule has 0 unspecified atom stereocenters. The summed E-state index contributed by atoms with van der Waals surface area (Å²) in [5.74, 6) is 0.0304. The van der Waals surface area contributed by atoms with Crippen molar-refractivity contribution in [3.05, 3.63) is 0 Å². The van der Waals surface area contributed by atoms with Crippen molar-refractivity contribution in [2.24, 2.45) is 22.9 Å². The van der Waals surface area contributed by atoms with E-state index < -0.39 is 0 Å². The smallest absolute Gasteiger partial charge is 0.236 e. The number of hydrogen-bond acceptors (Lipinski definition) is 6. The monoisotopic (exact) mass is 246 g/mol. The molecular weight excluding hydrogens is 220 g/mol. The normalized spacial score (nSPS) is 10.9. The SMILES string of the molecule is NCCN(CCN)CC(=O)N(CCN)CCN. The molecule has 0 fully saturated rings. The predicted octanol–water partition coefficient (Wildman–Crippen LogP) is -3.05. The fourth-order valence-electron chi connectivity index (χ4n) is 1.60. The number of carbonyl (C=O) groups excluding carboxylic acids is 1. The Labute approximate surface area is 103 Å². The molecule has 0 aliphatic rings. The summed E-state index contributed by atoms with van der Waals surface area (Å²) in [5.41, 5.74) is 21.9. The van der Waals surface area contributed by atoms with Crippen molar-refractivity contribution in [2.45, 2.75) is 0 Å². The van der Waals surface area contributed by atoms with E-state index >= 15 is 0 Å². The number of nitrogens with two attached hydrogens (primary N) is 4. The van der Waals surface area contributed by atoms with Crippen LogP contribution in [0.1, 0.15) is 0 Å². The van der Waals surface area contributed by atoms with E-state index in [9.17, 15) is 4.79 Å². The third-order valence-electron chi connectivity index (χ3n) is 2.40. The van der Waals surface area contributed by atoms with Gasteiger partial charge in [0.1, 0.15) is 0 Å². The molecule has 17 heavy (non-hydrogen) atoms. The Kier molecular flexibility index (Phi) is 9.98. The molecule has 102 valence electrons. The molecule has 7 nitrogen and oxygen atoms in total. The van der Waals surface area contributed by atoms with Gasteiger partial charge in [-0.1, -0.05) is 0 Å². The molecule has 0 aliphatic heterocycles. The fourth-order valence-corrected chi connectivity index (χ4v) is 1.60. The van der Waals surface area contributed by atoms with E-state index in [0.717, 1.165) is 0 Å². The molecular formula is C10H26N6O. The van der Waals surface area contributed by atoms with Gasteiger partial charge in [0, 0.05) is 52.4 Å². The Morgan fingerprint density at radius 3 is 1.53 bits per heavy atom. The van der Waals surface area contributed by atoms with E-state index in [2.05, 4.69) is 0 Å². The Bertz CT molecular complexity index is 189. The van der Waals surface area contributed by atoms with Gasteiger partial charge in [0.15, 0.2) is 0 Å². The van der Waals surface area contributed by atoms with Gasteiger partial charge in [-0.3, -0.25) is 9.69 Å². The lowest BCUT2D eigenvalue weighted by Gasteiger charge is -2.26. The van der Waals surface area contributed by atoms with Gasteiger partial charge in [0.25, 0.3) is 0 Å². The summed E-state index contributed by atoms with van der Waals surface area (Å²) >= 11 is 0. The molecule has 0 heterocycles. The highest BCUT2D eigenvalue weighted by Crippen LogP contribution is 1.93. The van der Waals surface area contributed by atoms with Crippen LogP contribution >= 0.6 is 0 Å². The number of hydrogen-bond donors (Lipinski definition) is 4. The number of carbonyl (C=O) groups is 1.